The molecule has 3 heterocycles. The zero-order valence-corrected chi connectivity index (χ0v) is 16.8. The first kappa shape index (κ1) is 19.8. The van der Waals surface area contributed by atoms with Gasteiger partial charge < -0.3 is 19.6 Å². The Labute approximate surface area is 173 Å². The van der Waals surface area contributed by atoms with Gasteiger partial charge in [0.1, 0.15) is 5.75 Å². The van der Waals surface area contributed by atoms with Gasteiger partial charge in [-0.3, -0.25) is 9.69 Å². The zero-order chi connectivity index (χ0) is 20.2. The molecule has 0 unspecified atom stereocenters. The van der Waals surface area contributed by atoms with E-state index < -0.39 is 0 Å². The van der Waals surface area contributed by atoms with E-state index in [1.54, 1.807) is 18.2 Å². The lowest BCUT2D eigenvalue weighted by Crippen LogP contribution is -2.48. The summed E-state index contributed by atoms with van der Waals surface area (Å²) in [6.07, 6.45) is 0. The van der Waals surface area contributed by atoms with Gasteiger partial charge in [0.05, 0.1) is 19.8 Å². The molecule has 2 aromatic rings. The van der Waals surface area contributed by atoms with Crippen LogP contribution < -0.4 is 9.80 Å². The highest BCUT2D eigenvalue weighted by atomic mass is 35.5. The summed E-state index contributed by atoms with van der Waals surface area (Å²) in [5, 5.41) is 9.51. The Morgan fingerprint density at radius 2 is 1.66 bits per heavy atom. The summed E-state index contributed by atoms with van der Waals surface area (Å²) in [6.45, 7) is 5.74. The van der Waals surface area contributed by atoms with Crippen LogP contribution in [-0.2, 0) is 9.53 Å². The number of aromatic nitrogens is 3. The van der Waals surface area contributed by atoms with Crippen molar-refractivity contribution in [2.75, 3.05) is 68.8 Å². The van der Waals surface area contributed by atoms with Gasteiger partial charge in [0.2, 0.25) is 17.1 Å². The minimum Gasteiger partial charge on any atom is -0.508 e. The molecule has 9 nitrogen and oxygen atoms in total. The highest BCUT2D eigenvalue weighted by molar-refractivity contribution is 6.64. The van der Waals surface area contributed by atoms with Crippen LogP contribution in [0.25, 0.3) is 11.4 Å². The number of phenols is 1. The number of ether oxygens (including phenoxy) is 1. The van der Waals surface area contributed by atoms with Crippen LogP contribution >= 0.6 is 11.6 Å². The topological polar surface area (TPSA) is 94.9 Å². The second-order valence-corrected chi connectivity index (χ2v) is 7.45. The third kappa shape index (κ3) is 4.92. The van der Waals surface area contributed by atoms with E-state index in [-0.39, 0.29) is 17.5 Å². The van der Waals surface area contributed by atoms with E-state index >= 15 is 0 Å². The second kappa shape index (κ2) is 8.89. The lowest BCUT2D eigenvalue weighted by atomic mass is 10.2. The van der Waals surface area contributed by atoms with Gasteiger partial charge in [0, 0.05) is 44.8 Å². The molecule has 10 heteroatoms. The van der Waals surface area contributed by atoms with Crippen LogP contribution in [0.1, 0.15) is 0 Å². The van der Waals surface area contributed by atoms with Crippen LogP contribution in [0.5, 0.6) is 5.75 Å². The maximum Gasteiger partial charge on any atom is 0.235 e. The molecule has 0 bridgehead atoms. The van der Waals surface area contributed by atoms with E-state index in [9.17, 15) is 9.90 Å². The molecule has 2 saturated heterocycles. The Balaban J connectivity index is 1.62. The monoisotopic (exact) mass is 418 g/mol. The number of hydrogen-bond donors (Lipinski definition) is 1. The van der Waals surface area contributed by atoms with Crippen molar-refractivity contribution in [1.29, 1.82) is 0 Å². The number of morpholine rings is 1. The fraction of sp³-hybridized carbons (Fsp3) is 0.474. The fourth-order valence-electron chi connectivity index (χ4n) is 3.46. The molecule has 2 fully saturated rings. The van der Waals surface area contributed by atoms with Crippen LogP contribution in [0, 0.1) is 0 Å². The number of hydrogen-bond acceptors (Lipinski definition) is 9. The number of aromatic hydroxyl groups is 1. The van der Waals surface area contributed by atoms with Crippen molar-refractivity contribution in [3.8, 4) is 17.1 Å². The Morgan fingerprint density at radius 1 is 1.00 bits per heavy atom. The lowest BCUT2D eigenvalue weighted by molar-refractivity contribution is -0.112. The third-order valence-corrected chi connectivity index (χ3v) is 5.13. The van der Waals surface area contributed by atoms with Gasteiger partial charge in [-0.1, -0.05) is 12.1 Å². The molecule has 4 rings (SSSR count). The third-order valence-electron chi connectivity index (χ3n) is 5.01. The molecule has 0 aliphatic carbocycles. The van der Waals surface area contributed by atoms with Gasteiger partial charge in [0.25, 0.3) is 0 Å². The molecule has 1 aromatic heterocycles. The Hall–Kier alpha value is -2.49. The maximum absolute atomic E-state index is 11.2. The normalized spacial score (nSPS) is 18.1. The minimum atomic E-state index is -0.348. The quantitative estimate of drug-likeness (QED) is 0.712. The van der Waals surface area contributed by atoms with Crippen molar-refractivity contribution < 1.29 is 14.6 Å². The maximum atomic E-state index is 11.2. The molecular weight excluding hydrogens is 396 g/mol. The second-order valence-electron chi connectivity index (χ2n) is 7.03. The highest BCUT2D eigenvalue weighted by Gasteiger charge is 2.23. The molecule has 2 aliphatic heterocycles. The smallest absolute Gasteiger partial charge is 0.235 e. The number of halogens is 1. The van der Waals surface area contributed by atoms with E-state index in [0.717, 1.165) is 5.56 Å². The minimum absolute atomic E-state index is 0.164. The molecule has 0 amide bonds. The zero-order valence-electron chi connectivity index (χ0n) is 16.0. The summed E-state index contributed by atoms with van der Waals surface area (Å²) in [4.78, 5) is 31.4. The van der Waals surface area contributed by atoms with E-state index in [0.29, 0.717) is 70.2 Å². The summed E-state index contributed by atoms with van der Waals surface area (Å²) >= 11 is 5.51. The van der Waals surface area contributed by atoms with Gasteiger partial charge in [-0.05, 0) is 23.7 Å². The molecule has 2 aliphatic rings. The van der Waals surface area contributed by atoms with Crippen LogP contribution in [0.2, 0.25) is 0 Å². The predicted octanol–water partition coefficient (Wildman–Crippen LogP) is 0.968. The van der Waals surface area contributed by atoms with Crippen molar-refractivity contribution in [2.45, 2.75) is 0 Å². The SMILES string of the molecule is O=C(Cl)CN1CCN(c2nc(-c3cccc(O)c3)nc(N3CCOCC3)n2)CC1. The molecule has 1 aromatic carbocycles. The van der Waals surface area contributed by atoms with Crippen LogP contribution in [0.4, 0.5) is 11.9 Å². The molecule has 0 atom stereocenters. The molecule has 154 valence electrons. The predicted molar refractivity (Wildman–Crippen MR) is 109 cm³/mol. The first-order chi connectivity index (χ1) is 14.1. The largest absolute Gasteiger partial charge is 0.508 e. The number of carbonyl (C=O) groups is 1. The van der Waals surface area contributed by atoms with Gasteiger partial charge in [-0.15, -0.1) is 0 Å². The highest BCUT2D eigenvalue weighted by Crippen LogP contribution is 2.25. The van der Waals surface area contributed by atoms with E-state index in [1.165, 1.54) is 0 Å². The number of nitrogens with zero attached hydrogens (tertiary/aromatic N) is 6. The standard InChI is InChI=1S/C19H23ClN6O3/c20-16(28)13-24-4-6-25(7-5-24)18-21-17(14-2-1-3-15(27)12-14)22-19(23-18)26-8-10-29-11-9-26/h1-3,12,27H,4-11,13H2. The van der Waals surface area contributed by atoms with E-state index in [4.69, 9.17) is 21.3 Å². The number of anilines is 2. The Kier molecular flexibility index (Phi) is 6.08. The molecule has 1 N–H and O–H groups in total. The Bertz CT molecular complexity index is 869. The average Bonchev–Trinajstić information content (AvgIpc) is 2.74. The number of benzene rings is 1. The summed E-state index contributed by atoms with van der Waals surface area (Å²) < 4.78 is 5.44. The molecule has 0 saturated carbocycles. The first-order valence-electron chi connectivity index (χ1n) is 9.62. The van der Waals surface area contributed by atoms with Crippen molar-refractivity contribution >= 4 is 28.7 Å². The summed E-state index contributed by atoms with van der Waals surface area (Å²) in [5.74, 6) is 1.88. The summed E-state index contributed by atoms with van der Waals surface area (Å²) in [6, 6.07) is 6.90. The number of carbonyl (C=O) groups excluding carboxylic acids is 1. The number of phenolic OH excluding ortho intramolecular Hbond substituents is 1. The molecule has 29 heavy (non-hydrogen) atoms. The first-order valence-corrected chi connectivity index (χ1v) is 10.00. The van der Waals surface area contributed by atoms with Crippen molar-refractivity contribution in [3.05, 3.63) is 24.3 Å². The number of rotatable bonds is 5. The van der Waals surface area contributed by atoms with E-state index in [1.807, 2.05) is 11.0 Å². The van der Waals surface area contributed by atoms with E-state index in [2.05, 4.69) is 19.8 Å². The summed E-state index contributed by atoms with van der Waals surface area (Å²) in [7, 11) is 0. The van der Waals surface area contributed by atoms with Gasteiger partial charge in [-0.25, -0.2) is 0 Å². The van der Waals surface area contributed by atoms with Gasteiger partial charge in [-0.2, -0.15) is 15.0 Å². The van der Waals surface area contributed by atoms with Gasteiger partial charge >= 0.3 is 0 Å². The fourth-order valence-corrected chi connectivity index (χ4v) is 3.62. The number of piperazine rings is 1. The Morgan fingerprint density at radius 3 is 2.28 bits per heavy atom. The molecule has 0 spiro atoms. The lowest BCUT2D eigenvalue weighted by Gasteiger charge is -2.34. The average molecular weight is 419 g/mol. The van der Waals surface area contributed by atoms with Crippen LogP contribution in [0.15, 0.2) is 24.3 Å². The molecular formula is C19H23ClN6O3. The summed E-state index contributed by atoms with van der Waals surface area (Å²) in [5.41, 5.74) is 0.731. The van der Waals surface area contributed by atoms with Crippen LogP contribution in [-0.4, -0.2) is 89.2 Å². The van der Waals surface area contributed by atoms with Crippen LogP contribution in [0.3, 0.4) is 0 Å². The molecule has 0 radical (unpaired) electrons. The van der Waals surface area contributed by atoms with Crippen molar-refractivity contribution in [2.24, 2.45) is 0 Å². The van der Waals surface area contributed by atoms with Crippen molar-refractivity contribution in [3.63, 3.8) is 0 Å². The van der Waals surface area contributed by atoms with Crippen molar-refractivity contribution in [1.82, 2.24) is 19.9 Å². The van der Waals surface area contributed by atoms with Gasteiger partial charge in [0.15, 0.2) is 5.82 Å².